The highest BCUT2D eigenvalue weighted by Crippen LogP contribution is 2.09. The summed E-state index contributed by atoms with van der Waals surface area (Å²) in [5.41, 5.74) is 0. The number of hydrogen-bond acceptors (Lipinski definition) is 2. The Morgan fingerprint density at radius 3 is 2.53 bits per heavy atom. The lowest BCUT2D eigenvalue weighted by atomic mass is 10.1. The molecule has 0 bridgehead atoms. The molecule has 0 N–H and O–H groups in total. The van der Waals surface area contributed by atoms with Crippen LogP contribution < -0.4 is 0 Å². The summed E-state index contributed by atoms with van der Waals surface area (Å²) < 4.78 is 4.83. The summed E-state index contributed by atoms with van der Waals surface area (Å²) in [7, 11) is 3.41. The van der Waals surface area contributed by atoms with E-state index >= 15 is 0 Å². The van der Waals surface area contributed by atoms with Gasteiger partial charge in [-0.1, -0.05) is 32.6 Å². The topological polar surface area (TPSA) is 29.5 Å². The molecule has 0 aromatic heterocycles. The molecule has 0 spiro atoms. The molecule has 0 aliphatic carbocycles. The first-order valence-electron chi connectivity index (χ1n) is 5.88. The smallest absolute Gasteiger partial charge is 0.248 e. The normalized spacial score (nSPS) is 12.5. The van der Waals surface area contributed by atoms with E-state index in [4.69, 9.17) is 4.74 Å². The van der Waals surface area contributed by atoms with Crippen LogP contribution in [0.4, 0.5) is 0 Å². The Morgan fingerprint density at radius 1 is 1.33 bits per heavy atom. The summed E-state index contributed by atoms with van der Waals surface area (Å²) in [4.78, 5) is 13.3. The van der Waals surface area contributed by atoms with E-state index in [0.29, 0.717) is 6.04 Å². The number of ether oxygens (including phenoxy) is 1. The van der Waals surface area contributed by atoms with Gasteiger partial charge in [0.25, 0.3) is 0 Å². The molecular formula is C12H25NO2. The Kier molecular flexibility index (Phi) is 8.38. The molecule has 0 heterocycles. The lowest BCUT2D eigenvalue weighted by Crippen LogP contribution is -2.37. The van der Waals surface area contributed by atoms with Gasteiger partial charge >= 0.3 is 0 Å². The molecule has 0 fully saturated rings. The van der Waals surface area contributed by atoms with E-state index in [0.717, 1.165) is 6.42 Å². The fourth-order valence-electron chi connectivity index (χ4n) is 1.53. The first-order chi connectivity index (χ1) is 7.13. The molecule has 0 saturated heterocycles. The van der Waals surface area contributed by atoms with E-state index < -0.39 is 0 Å². The molecule has 3 nitrogen and oxygen atoms in total. The molecule has 1 unspecified atom stereocenters. The second kappa shape index (κ2) is 8.72. The minimum Gasteiger partial charge on any atom is -0.375 e. The van der Waals surface area contributed by atoms with Gasteiger partial charge in [0.2, 0.25) is 5.91 Å². The molecule has 15 heavy (non-hydrogen) atoms. The summed E-state index contributed by atoms with van der Waals surface area (Å²) in [6.07, 6.45) is 6.12. The van der Waals surface area contributed by atoms with E-state index in [1.807, 2.05) is 7.05 Å². The molecule has 3 heteroatoms. The van der Waals surface area contributed by atoms with E-state index in [-0.39, 0.29) is 12.5 Å². The van der Waals surface area contributed by atoms with Crippen LogP contribution in [0.5, 0.6) is 0 Å². The van der Waals surface area contributed by atoms with Gasteiger partial charge in [-0.3, -0.25) is 4.79 Å². The molecule has 0 aromatic rings. The Labute approximate surface area is 93.8 Å². The first kappa shape index (κ1) is 14.4. The van der Waals surface area contributed by atoms with Gasteiger partial charge in [-0.15, -0.1) is 0 Å². The quantitative estimate of drug-likeness (QED) is 0.582. The van der Waals surface area contributed by atoms with Crippen molar-refractivity contribution in [3.05, 3.63) is 0 Å². The van der Waals surface area contributed by atoms with Crippen LogP contribution in [-0.2, 0) is 9.53 Å². The van der Waals surface area contributed by atoms with Crippen molar-refractivity contribution in [1.82, 2.24) is 4.90 Å². The van der Waals surface area contributed by atoms with Gasteiger partial charge in [0, 0.05) is 20.2 Å². The van der Waals surface area contributed by atoms with Crippen LogP contribution in [0.2, 0.25) is 0 Å². The molecule has 1 amide bonds. The Morgan fingerprint density at radius 2 is 2.00 bits per heavy atom. The van der Waals surface area contributed by atoms with Crippen LogP contribution in [0.15, 0.2) is 0 Å². The molecule has 0 rings (SSSR count). The molecular weight excluding hydrogens is 190 g/mol. The summed E-state index contributed by atoms with van der Waals surface area (Å²) in [5.74, 6) is 0.0699. The third kappa shape index (κ3) is 6.50. The third-order valence-corrected chi connectivity index (χ3v) is 2.80. The maximum atomic E-state index is 11.5. The van der Waals surface area contributed by atoms with Crippen LogP contribution >= 0.6 is 0 Å². The summed E-state index contributed by atoms with van der Waals surface area (Å²) in [6, 6.07) is 0.324. The largest absolute Gasteiger partial charge is 0.375 e. The number of likely N-dealkylation sites (N-methyl/N-ethyl adjacent to an activating group) is 1. The average molecular weight is 215 g/mol. The fourth-order valence-corrected chi connectivity index (χ4v) is 1.53. The van der Waals surface area contributed by atoms with E-state index in [1.54, 1.807) is 12.0 Å². The zero-order chi connectivity index (χ0) is 11.7. The maximum Gasteiger partial charge on any atom is 0.248 e. The molecule has 0 aromatic carbocycles. The number of methoxy groups -OCH3 is 1. The minimum absolute atomic E-state index is 0.0699. The number of carbonyl (C=O) groups excluding carboxylic acids is 1. The number of carbonyl (C=O) groups is 1. The summed E-state index contributed by atoms with van der Waals surface area (Å²) in [5, 5.41) is 0. The second-order valence-corrected chi connectivity index (χ2v) is 4.14. The van der Waals surface area contributed by atoms with Crippen LogP contribution in [0.1, 0.15) is 46.0 Å². The SMILES string of the molecule is CCCCCCC(C)N(C)C(=O)COC. The molecule has 0 radical (unpaired) electrons. The molecule has 0 saturated carbocycles. The lowest BCUT2D eigenvalue weighted by molar-refractivity contribution is -0.135. The van der Waals surface area contributed by atoms with Crippen molar-refractivity contribution in [2.75, 3.05) is 20.8 Å². The lowest BCUT2D eigenvalue weighted by Gasteiger charge is -2.24. The Hall–Kier alpha value is -0.570. The van der Waals surface area contributed by atoms with Gasteiger partial charge in [0.15, 0.2) is 0 Å². The van der Waals surface area contributed by atoms with Crippen molar-refractivity contribution in [2.45, 2.75) is 52.0 Å². The van der Waals surface area contributed by atoms with Crippen LogP contribution in [0, 0.1) is 0 Å². The fraction of sp³-hybridized carbons (Fsp3) is 0.917. The summed E-state index contributed by atoms with van der Waals surface area (Å²) in [6.45, 7) is 4.49. The highest BCUT2D eigenvalue weighted by Gasteiger charge is 2.14. The molecule has 0 aliphatic heterocycles. The predicted octanol–water partition coefficient (Wildman–Crippen LogP) is 2.45. The zero-order valence-corrected chi connectivity index (χ0v) is 10.6. The molecule has 0 aliphatic rings. The Bertz CT molecular complexity index is 171. The van der Waals surface area contributed by atoms with Gasteiger partial charge < -0.3 is 9.64 Å². The maximum absolute atomic E-state index is 11.5. The van der Waals surface area contributed by atoms with Crippen molar-refractivity contribution >= 4 is 5.91 Å². The Balaban J connectivity index is 3.68. The average Bonchev–Trinajstić information content (AvgIpc) is 2.23. The van der Waals surface area contributed by atoms with E-state index in [2.05, 4.69) is 13.8 Å². The third-order valence-electron chi connectivity index (χ3n) is 2.80. The van der Waals surface area contributed by atoms with E-state index in [1.165, 1.54) is 25.7 Å². The standard InChI is InChI=1S/C12H25NO2/c1-5-6-7-8-9-11(2)13(3)12(14)10-15-4/h11H,5-10H2,1-4H3. The van der Waals surface area contributed by atoms with Crippen molar-refractivity contribution in [3.8, 4) is 0 Å². The van der Waals surface area contributed by atoms with Crippen LogP contribution in [-0.4, -0.2) is 37.6 Å². The van der Waals surface area contributed by atoms with Crippen molar-refractivity contribution in [2.24, 2.45) is 0 Å². The van der Waals surface area contributed by atoms with Crippen molar-refractivity contribution in [1.29, 1.82) is 0 Å². The van der Waals surface area contributed by atoms with Crippen molar-refractivity contribution < 1.29 is 9.53 Å². The number of unbranched alkanes of at least 4 members (excludes halogenated alkanes) is 3. The van der Waals surface area contributed by atoms with Gasteiger partial charge in [-0.2, -0.15) is 0 Å². The van der Waals surface area contributed by atoms with Gasteiger partial charge in [0.05, 0.1) is 0 Å². The van der Waals surface area contributed by atoms with Gasteiger partial charge in [-0.25, -0.2) is 0 Å². The van der Waals surface area contributed by atoms with Crippen molar-refractivity contribution in [3.63, 3.8) is 0 Å². The zero-order valence-electron chi connectivity index (χ0n) is 10.6. The number of nitrogens with zero attached hydrogens (tertiary/aromatic N) is 1. The monoisotopic (exact) mass is 215 g/mol. The second-order valence-electron chi connectivity index (χ2n) is 4.14. The number of amides is 1. The first-order valence-corrected chi connectivity index (χ1v) is 5.88. The van der Waals surface area contributed by atoms with Gasteiger partial charge in [-0.05, 0) is 13.3 Å². The number of rotatable bonds is 8. The number of hydrogen-bond donors (Lipinski definition) is 0. The predicted molar refractivity (Wildman–Crippen MR) is 62.9 cm³/mol. The minimum atomic E-state index is 0.0699. The highest BCUT2D eigenvalue weighted by molar-refractivity contribution is 5.77. The van der Waals surface area contributed by atoms with E-state index in [9.17, 15) is 4.79 Å². The molecule has 1 atom stereocenters. The molecule has 90 valence electrons. The van der Waals surface area contributed by atoms with Crippen LogP contribution in [0.25, 0.3) is 0 Å². The summed E-state index contributed by atoms with van der Waals surface area (Å²) >= 11 is 0. The highest BCUT2D eigenvalue weighted by atomic mass is 16.5. The van der Waals surface area contributed by atoms with Crippen LogP contribution in [0.3, 0.4) is 0 Å². The van der Waals surface area contributed by atoms with Gasteiger partial charge in [0.1, 0.15) is 6.61 Å².